The minimum atomic E-state index is -0.759. The van der Waals surface area contributed by atoms with Crippen LogP contribution < -0.4 is 4.90 Å². The molecule has 1 N–H and O–H groups in total. The van der Waals surface area contributed by atoms with E-state index in [1.165, 1.54) is 12.0 Å². The molecule has 1 atom stereocenters. The van der Waals surface area contributed by atoms with E-state index in [0.717, 1.165) is 18.5 Å². The maximum absolute atomic E-state index is 11.1. The standard InChI is InChI=1S/C16H23NO2/c1-12-4-6-13(7-5-12)17(11-15(18)19)14-8-9-16(2,3)10-14/h4-7,14H,8-11H2,1-3H3,(H,18,19). The van der Waals surface area contributed by atoms with Crippen LogP contribution in [0.25, 0.3) is 0 Å². The SMILES string of the molecule is Cc1ccc(N(CC(=O)O)C2CCC(C)(C)C2)cc1. The van der Waals surface area contributed by atoms with Crippen LogP contribution in [0.2, 0.25) is 0 Å². The van der Waals surface area contributed by atoms with Gasteiger partial charge in [0.1, 0.15) is 6.54 Å². The number of nitrogens with zero attached hydrogens (tertiary/aromatic N) is 1. The van der Waals surface area contributed by atoms with Crippen molar-refractivity contribution in [1.29, 1.82) is 0 Å². The van der Waals surface area contributed by atoms with E-state index in [0.29, 0.717) is 11.5 Å². The number of anilines is 1. The molecule has 0 heterocycles. The summed E-state index contributed by atoms with van der Waals surface area (Å²) in [7, 11) is 0. The van der Waals surface area contributed by atoms with E-state index in [-0.39, 0.29) is 6.54 Å². The number of hydrogen-bond acceptors (Lipinski definition) is 2. The molecule has 0 aliphatic heterocycles. The van der Waals surface area contributed by atoms with Crippen LogP contribution in [-0.2, 0) is 4.79 Å². The highest BCUT2D eigenvalue weighted by Gasteiger charge is 2.35. The van der Waals surface area contributed by atoms with Crippen LogP contribution in [0.4, 0.5) is 5.69 Å². The van der Waals surface area contributed by atoms with Gasteiger partial charge in [-0.2, -0.15) is 0 Å². The molecule has 1 fully saturated rings. The van der Waals surface area contributed by atoms with Gasteiger partial charge in [0.05, 0.1) is 0 Å². The Labute approximate surface area is 115 Å². The summed E-state index contributed by atoms with van der Waals surface area (Å²) in [6.45, 7) is 6.66. The first kappa shape index (κ1) is 13.9. The molecule has 0 aromatic heterocycles. The maximum atomic E-state index is 11.1. The van der Waals surface area contributed by atoms with Gasteiger partial charge in [-0.05, 0) is 43.7 Å². The zero-order valence-electron chi connectivity index (χ0n) is 12.0. The Morgan fingerprint density at radius 2 is 2.00 bits per heavy atom. The number of aryl methyl sites for hydroxylation is 1. The zero-order chi connectivity index (χ0) is 14.0. The van der Waals surface area contributed by atoms with Crippen molar-refractivity contribution < 1.29 is 9.90 Å². The normalized spacial score (nSPS) is 21.3. The molecule has 1 aliphatic carbocycles. The van der Waals surface area contributed by atoms with E-state index in [9.17, 15) is 4.79 Å². The Balaban J connectivity index is 2.21. The smallest absolute Gasteiger partial charge is 0.323 e. The van der Waals surface area contributed by atoms with Gasteiger partial charge in [-0.3, -0.25) is 4.79 Å². The summed E-state index contributed by atoms with van der Waals surface area (Å²) in [4.78, 5) is 13.2. The number of benzene rings is 1. The van der Waals surface area contributed by atoms with Crippen molar-refractivity contribution >= 4 is 11.7 Å². The number of aliphatic carboxylic acids is 1. The number of carbonyl (C=O) groups is 1. The van der Waals surface area contributed by atoms with Gasteiger partial charge in [0, 0.05) is 11.7 Å². The minimum Gasteiger partial charge on any atom is -0.480 e. The number of hydrogen-bond donors (Lipinski definition) is 1. The van der Waals surface area contributed by atoms with Crippen LogP contribution in [0, 0.1) is 12.3 Å². The average Bonchev–Trinajstić information content (AvgIpc) is 2.67. The summed E-state index contributed by atoms with van der Waals surface area (Å²) in [5.74, 6) is -0.759. The second-order valence-electron chi connectivity index (χ2n) is 6.42. The van der Waals surface area contributed by atoms with E-state index in [2.05, 4.69) is 18.7 Å². The van der Waals surface area contributed by atoms with Crippen molar-refractivity contribution in [2.75, 3.05) is 11.4 Å². The second kappa shape index (κ2) is 5.24. The summed E-state index contributed by atoms with van der Waals surface area (Å²) in [6.07, 6.45) is 3.31. The van der Waals surface area contributed by atoms with Gasteiger partial charge in [0.25, 0.3) is 0 Å². The van der Waals surface area contributed by atoms with E-state index < -0.39 is 5.97 Å². The van der Waals surface area contributed by atoms with Crippen molar-refractivity contribution in [2.45, 2.75) is 46.1 Å². The Morgan fingerprint density at radius 3 is 2.47 bits per heavy atom. The number of carboxylic acid groups (broad SMARTS) is 1. The van der Waals surface area contributed by atoms with Gasteiger partial charge in [-0.25, -0.2) is 0 Å². The zero-order valence-corrected chi connectivity index (χ0v) is 12.0. The minimum absolute atomic E-state index is 0.0871. The van der Waals surface area contributed by atoms with Gasteiger partial charge >= 0.3 is 5.97 Å². The summed E-state index contributed by atoms with van der Waals surface area (Å²) < 4.78 is 0. The van der Waals surface area contributed by atoms with Crippen LogP contribution in [0.3, 0.4) is 0 Å². The third kappa shape index (κ3) is 3.49. The van der Waals surface area contributed by atoms with Crippen LogP contribution in [-0.4, -0.2) is 23.7 Å². The van der Waals surface area contributed by atoms with Crippen LogP contribution in [0.5, 0.6) is 0 Å². The van der Waals surface area contributed by atoms with E-state index >= 15 is 0 Å². The first-order valence-corrected chi connectivity index (χ1v) is 6.92. The molecule has 1 aromatic rings. The molecule has 1 saturated carbocycles. The largest absolute Gasteiger partial charge is 0.480 e. The Kier molecular flexibility index (Phi) is 3.83. The monoisotopic (exact) mass is 261 g/mol. The molecular weight excluding hydrogens is 238 g/mol. The van der Waals surface area contributed by atoms with Crippen molar-refractivity contribution in [3.63, 3.8) is 0 Å². The Hall–Kier alpha value is -1.51. The van der Waals surface area contributed by atoms with Crippen molar-refractivity contribution in [3.8, 4) is 0 Å². The molecule has 0 spiro atoms. The lowest BCUT2D eigenvalue weighted by molar-refractivity contribution is -0.135. The lowest BCUT2D eigenvalue weighted by Gasteiger charge is -2.31. The molecule has 0 saturated heterocycles. The van der Waals surface area contributed by atoms with Crippen molar-refractivity contribution in [3.05, 3.63) is 29.8 Å². The third-order valence-electron chi connectivity index (χ3n) is 4.05. The average molecular weight is 261 g/mol. The predicted octanol–water partition coefficient (Wildman–Crippen LogP) is 3.46. The quantitative estimate of drug-likeness (QED) is 0.902. The molecule has 1 unspecified atom stereocenters. The van der Waals surface area contributed by atoms with Crippen LogP contribution >= 0.6 is 0 Å². The molecule has 0 amide bonds. The maximum Gasteiger partial charge on any atom is 0.323 e. The summed E-state index contributed by atoms with van der Waals surface area (Å²) >= 11 is 0. The van der Waals surface area contributed by atoms with E-state index in [4.69, 9.17) is 5.11 Å². The fourth-order valence-electron chi connectivity index (χ4n) is 2.98. The highest BCUT2D eigenvalue weighted by Crippen LogP contribution is 2.40. The molecule has 0 radical (unpaired) electrons. The molecule has 2 rings (SSSR count). The topological polar surface area (TPSA) is 40.5 Å². The van der Waals surface area contributed by atoms with Crippen LogP contribution in [0.15, 0.2) is 24.3 Å². The highest BCUT2D eigenvalue weighted by molar-refractivity contribution is 5.74. The van der Waals surface area contributed by atoms with Crippen molar-refractivity contribution in [1.82, 2.24) is 0 Å². The first-order chi connectivity index (χ1) is 8.87. The molecule has 3 nitrogen and oxygen atoms in total. The molecular formula is C16H23NO2. The number of rotatable bonds is 4. The summed E-state index contributed by atoms with van der Waals surface area (Å²) in [5.41, 5.74) is 2.55. The van der Waals surface area contributed by atoms with Gasteiger partial charge in [0.15, 0.2) is 0 Å². The molecule has 19 heavy (non-hydrogen) atoms. The molecule has 3 heteroatoms. The molecule has 0 bridgehead atoms. The lowest BCUT2D eigenvalue weighted by atomic mass is 9.91. The molecule has 1 aliphatic rings. The summed E-state index contributed by atoms with van der Waals surface area (Å²) in [6, 6.07) is 8.50. The van der Waals surface area contributed by atoms with E-state index in [1.807, 2.05) is 31.2 Å². The van der Waals surface area contributed by atoms with Gasteiger partial charge in [-0.1, -0.05) is 31.5 Å². The van der Waals surface area contributed by atoms with E-state index in [1.54, 1.807) is 0 Å². The Bertz CT molecular complexity index is 450. The third-order valence-corrected chi connectivity index (χ3v) is 4.05. The van der Waals surface area contributed by atoms with Gasteiger partial charge < -0.3 is 10.0 Å². The van der Waals surface area contributed by atoms with Gasteiger partial charge in [0.2, 0.25) is 0 Å². The molecule has 104 valence electrons. The number of carboxylic acids is 1. The molecule has 1 aromatic carbocycles. The fourth-order valence-corrected chi connectivity index (χ4v) is 2.98. The van der Waals surface area contributed by atoms with Crippen LogP contribution in [0.1, 0.15) is 38.7 Å². The highest BCUT2D eigenvalue weighted by atomic mass is 16.4. The fraction of sp³-hybridized carbons (Fsp3) is 0.562. The first-order valence-electron chi connectivity index (χ1n) is 6.92. The predicted molar refractivity (Wildman–Crippen MR) is 77.6 cm³/mol. The Morgan fingerprint density at radius 1 is 1.37 bits per heavy atom. The van der Waals surface area contributed by atoms with Crippen molar-refractivity contribution in [2.24, 2.45) is 5.41 Å². The second-order valence-corrected chi connectivity index (χ2v) is 6.42. The summed E-state index contributed by atoms with van der Waals surface area (Å²) in [5, 5.41) is 9.15. The lowest BCUT2D eigenvalue weighted by Crippen LogP contribution is -2.38. The van der Waals surface area contributed by atoms with Gasteiger partial charge in [-0.15, -0.1) is 0 Å².